The number of fused-ring (bicyclic) bond motifs is 3. The van der Waals surface area contributed by atoms with Crippen LogP contribution >= 0.6 is 0 Å². The summed E-state index contributed by atoms with van der Waals surface area (Å²) in [5.74, 6) is -0.0389. The Morgan fingerprint density at radius 2 is 1.94 bits per heavy atom. The third-order valence-electron chi connectivity index (χ3n) is 6.40. The van der Waals surface area contributed by atoms with E-state index in [4.69, 9.17) is 0 Å². The molecule has 170 valence electrons. The number of aryl methyl sites for hydroxylation is 1. The molecular weight excluding hydrogens is 442 g/mol. The quantitative estimate of drug-likeness (QED) is 0.448. The fraction of sp³-hybridized carbons (Fsp3) is 0.304. The largest absolute Gasteiger partial charge is 0.478 e. The number of carboxylic acids is 1. The highest BCUT2D eigenvalue weighted by molar-refractivity contribution is 7.90. The molecule has 10 heteroatoms. The highest BCUT2D eigenvalue weighted by atomic mass is 32.2. The van der Waals surface area contributed by atoms with Gasteiger partial charge in [-0.3, -0.25) is 4.40 Å². The van der Waals surface area contributed by atoms with Gasteiger partial charge in [-0.25, -0.2) is 22.2 Å². The maximum atomic E-state index is 13.3. The monoisotopic (exact) mass is 465 g/mol. The van der Waals surface area contributed by atoms with E-state index in [9.17, 15) is 18.3 Å². The number of rotatable bonds is 5. The average Bonchev–Trinajstić information content (AvgIpc) is 3.49. The van der Waals surface area contributed by atoms with Gasteiger partial charge in [0.05, 0.1) is 16.6 Å². The summed E-state index contributed by atoms with van der Waals surface area (Å²) in [5.41, 5.74) is 3.25. The molecule has 0 amide bonds. The summed E-state index contributed by atoms with van der Waals surface area (Å²) in [6, 6.07) is 8.39. The van der Waals surface area contributed by atoms with Crippen molar-refractivity contribution in [2.75, 3.05) is 0 Å². The number of carboxylic acid groups (broad SMARTS) is 1. The zero-order chi connectivity index (χ0) is 23.3. The van der Waals surface area contributed by atoms with Gasteiger partial charge in [0.25, 0.3) is 10.0 Å². The van der Waals surface area contributed by atoms with E-state index in [0.717, 1.165) is 17.6 Å². The van der Waals surface area contributed by atoms with E-state index in [1.165, 1.54) is 22.4 Å². The molecule has 0 spiro atoms. The second-order valence-corrected chi connectivity index (χ2v) is 10.3. The van der Waals surface area contributed by atoms with Crippen LogP contribution < -0.4 is 0 Å². The standard InChI is InChI=1S/C23H23N5O4S/c1-3-16-10-15(12-21(29)30)11-18(16)22-26-25-20-13-24-23-19(28(20)22)8-9-27(23)33(31,32)17-6-4-14(2)5-7-17/h4-9,12-13,16,18H,3,10-11H2,1-2H3,(H,29,30)/b15-12-/t16-,18+/m1/s1. The van der Waals surface area contributed by atoms with Crippen LogP contribution in [0.5, 0.6) is 0 Å². The molecule has 1 aliphatic rings. The molecule has 0 radical (unpaired) electrons. The minimum Gasteiger partial charge on any atom is -0.478 e. The van der Waals surface area contributed by atoms with Crippen molar-refractivity contribution in [3.05, 3.63) is 65.8 Å². The minimum absolute atomic E-state index is 0.0155. The van der Waals surface area contributed by atoms with E-state index < -0.39 is 16.0 Å². The maximum absolute atomic E-state index is 13.3. The molecule has 1 aromatic carbocycles. The van der Waals surface area contributed by atoms with E-state index in [0.29, 0.717) is 29.8 Å². The molecule has 0 unspecified atom stereocenters. The molecule has 2 atom stereocenters. The van der Waals surface area contributed by atoms with Crippen LogP contribution in [0.1, 0.15) is 43.5 Å². The van der Waals surface area contributed by atoms with Crippen LogP contribution in [0.25, 0.3) is 16.8 Å². The Morgan fingerprint density at radius 3 is 2.64 bits per heavy atom. The van der Waals surface area contributed by atoms with Crippen molar-refractivity contribution in [1.82, 2.24) is 23.6 Å². The van der Waals surface area contributed by atoms with Gasteiger partial charge in [0.1, 0.15) is 5.82 Å². The normalized spacial score (nSPS) is 20.2. The van der Waals surface area contributed by atoms with Gasteiger partial charge in [-0.05, 0) is 43.9 Å². The number of nitrogens with zero attached hydrogens (tertiary/aromatic N) is 5. The first kappa shape index (κ1) is 21.3. The number of aliphatic carboxylic acids is 1. The van der Waals surface area contributed by atoms with Crippen molar-refractivity contribution >= 4 is 32.8 Å². The number of allylic oxidation sites excluding steroid dienone is 1. The summed E-state index contributed by atoms with van der Waals surface area (Å²) in [5, 5.41) is 17.9. The third-order valence-corrected chi connectivity index (χ3v) is 8.08. The molecule has 1 fully saturated rings. The Kier molecular flexibility index (Phi) is 5.04. The first-order valence-corrected chi connectivity index (χ1v) is 12.2. The Morgan fingerprint density at radius 1 is 1.18 bits per heavy atom. The molecule has 33 heavy (non-hydrogen) atoms. The molecule has 0 bridgehead atoms. The smallest absolute Gasteiger partial charge is 0.328 e. The van der Waals surface area contributed by atoms with Crippen molar-refractivity contribution in [3.63, 3.8) is 0 Å². The summed E-state index contributed by atoms with van der Waals surface area (Å²) < 4.78 is 29.6. The molecule has 1 aliphatic carbocycles. The molecule has 1 saturated carbocycles. The van der Waals surface area contributed by atoms with E-state index in [-0.39, 0.29) is 22.4 Å². The Balaban J connectivity index is 1.65. The maximum Gasteiger partial charge on any atom is 0.328 e. The summed E-state index contributed by atoms with van der Waals surface area (Å²) in [4.78, 5) is 15.8. The third kappa shape index (κ3) is 3.50. The molecule has 4 aromatic rings. The molecule has 0 aliphatic heterocycles. The van der Waals surface area contributed by atoms with Crippen molar-refractivity contribution in [1.29, 1.82) is 0 Å². The van der Waals surface area contributed by atoms with Crippen molar-refractivity contribution in [2.24, 2.45) is 5.92 Å². The van der Waals surface area contributed by atoms with Crippen molar-refractivity contribution in [2.45, 2.75) is 43.9 Å². The molecule has 3 heterocycles. The lowest BCUT2D eigenvalue weighted by molar-refractivity contribution is -0.131. The van der Waals surface area contributed by atoms with E-state index in [1.807, 2.05) is 11.3 Å². The summed E-state index contributed by atoms with van der Waals surface area (Å²) in [7, 11) is -3.83. The van der Waals surface area contributed by atoms with Crippen LogP contribution in [0.3, 0.4) is 0 Å². The first-order valence-electron chi connectivity index (χ1n) is 10.7. The second kappa shape index (κ2) is 7.80. The van der Waals surface area contributed by atoms with Crippen LogP contribution in [0.2, 0.25) is 0 Å². The highest BCUT2D eigenvalue weighted by Crippen LogP contribution is 2.44. The average molecular weight is 466 g/mol. The van der Waals surface area contributed by atoms with Crippen LogP contribution in [-0.2, 0) is 14.8 Å². The van der Waals surface area contributed by atoms with Gasteiger partial charge in [0.15, 0.2) is 11.3 Å². The number of hydrogen-bond acceptors (Lipinski definition) is 6. The summed E-state index contributed by atoms with van der Waals surface area (Å²) in [6.45, 7) is 3.98. The fourth-order valence-corrected chi connectivity index (χ4v) is 6.04. The van der Waals surface area contributed by atoms with Crippen LogP contribution in [0, 0.1) is 12.8 Å². The lowest BCUT2D eigenvalue weighted by atomic mass is 9.93. The van der Waals surface area contributed by atoms with Crippen molar-refractivity contribution in [3.8, 4) is 0 Å². The Hall–Kier alpha value is -3.53. The van der Waals surface area contributed by atoms with Gasteiger partial charge >= 0.3 is 5.97 Å². The van der Waals surface area contributed by atoms with Gasteiger partial charge < -0.3 is 5.11 Å². The number of carbonyl (C=O) groups is 1. The predicted octanol–water partition coefficient (Wildman–Crippen LogP) is 3.54. The summed E-state index contributed by atoms with van der Waals surface area (Å²) >= 11 is 0. The zero-order valence-electron chi connectivity index (χ0n) is 18.2. The number of benzene rings is 1. The molecule has 3 aromatic heterocycles. The minimum atomic E-state index is -3.83. The van der Waals surface area contributed by atoms with Gasteiger partial charge in [0.2, 0.25) is 0 Å². The molecule has 5 rings (SSSR count). The van der Waals surface area contributed by atoms with Crippen molar-refractivity contribution < 1.29 is 18.3 Å². The van der Waals surface area contributed by atoms with Crippen LogP contribution in [-0.4, -0.2) is 43.0 Å². The number of hydrogen-bond donors (Lipinski definition) is 1. The number of aromatic nitrogens is 5. The predicted molar refractivity (Wildman–Crippen MR) is 122 cm³/mol. The zero-order valence-corrected chi connectivity index (χ0v) is 19.0. The Labute approximate surface area is 190 Å². The topological polar surface area (TPSA) is 119 Å². The fourth-order valence-electron chi connectivity index (χ4n) is 4.75. The lowest BCUT2D eigenvalue weighted by Crippen LogP contribution is -2.13. The lowest BCUT2D eigenvalue weighted by Gasteiger charge is -2.16. The highest BCUT2D eigenvalue weighted by Gasteiger charge is 2.35. The molecule has 9 nitrogen and oxygen atoms in total. The van der Waals surface area contributed by atoms with E-state index in [2.05, 4.69) is 22.1 Å². The second-order valence-electron chi connectivity index (χ2n) is 8.47. The van der Waals surface area contributed by atoms with Gasteiger partial charge in [-0.15, -0.1) is 10.2 Å². The van der Waals surface area contributed by atoms with Gasteiger partial charge in [0, 0.05) is 18.2 Å². The summed E-state index contributed by atoms with van der Waals surface area (Å²) in [6.07, 6.45) is 6.44. The Bertz CT molecular complexity index is 1520. The van der Waals surface area contributed by atoms with Gasteiger partial charge in [-0.2, -0.15) is 0 Å². The van der Waals surface area contributed by atoms with E-state index >= 15 is 0 Å². The molecular formula is C23H23N5O4S. The van der Waals surface area contributed by atoms with Crippen LogP contribution in [0.15, 0.2) is 59.3 Å². The first-order chi connectivity index (χ1) is 15.8. The molecule has 1 N–H and O–H groups in total. The molecule has 0 saturated heterocycles. The SMILES string of the molecule is CC[C@@H]1C/C(=C/C(=O)O)C[C@@H]1c1nnc2cnc3c(ccn3S(=O)(=O)c3ccc(C)cc3)n12. The van der Waals surface area contributed by atoms with Crippen LogP contribution in [0.4, 0.5) is 0 Å². The van der Waals surface area contributed by atoms with E-state index in [1.54, 1.807) is 30.3 Å². The van der Waals surface area contributed by atoms with Gasteiger partial charge in [-0.1, -0.05) is 36.6 Å².